The smallest absolute Gasteiger partial charge is 0.270 e. The summed E-state index contributed by atoms with van der Waals surface area (Å²) >= 11 is 6.13. The van der Waals surface area contributed by atoms with Crippen molar-refractivity contribution in [3.05, 3.63) is 40.9 Å². The molecule has 10 nitrogen and oxygen atoms in total. The van der Waals surface area contributed by atoms with E-state index in [4.69, 9.17) is 17.3 Å². The van der Waals surface area contributed by atoms with Crippen LogP contribution in [0.25, 0.3) is 0 Å². The number of nitrogens with one attached hydrogen (secondary N) is 1. The molecule has 2 aromatic rings. The lowest BCUT2D eigenvalue weighted by Crippen LogP contribution is -2.63. The fraction of sp³-hybridized carbons (Fsp3) is 0.571. The molecule has 0 saturated carbocycles. The molecule has 1 aromatic heterocycles. The van der Waals surface area contributed by atoms with E-state index in [1.54, 1.807) is 9.80 Å². The highest BCUT2D eigenvalue weighted by molar-refractivity contribution is 6.31. The number of hydrogen-bond acceptors (Lipinski definition) is 8. The van der Waals surface area contributed by atoms with Gasteiger partial charge in [0.1, 0.15) is 12.4 Å². The van der Waals surface area contributed by atoms with Gasteiger partial charge in [-0.05, 0) is 44.5 Å². The van der Waals surface area contributed by atoms with Crippen LogP contribution in [0, 0.1) is 11.7 Å². The van der Waals surface area contributed by atoms with Crippen molar-refractivity contribution in [2.24, 2.45) is 5.92 Å². The maximum atomic E-state index is 14.9. The Bertz CT molecular complexity index is 1320. The Balaban J connectivity index is 1.41. The minimum absolute atomic E-state index is 0.0250. The van der Waals surface area contributed by atoms with Crippen LogP contribution in [0.5, 0.6) is 0 Å². The average Bonchev–Trinajstić information content (AvgIpc) is 2.95. The molecule has 4 heterocycles. The molecule has 2 amide bonds. The minimum Gasteiger partial charge on any atom is -0.381 e. The number of carbonyl (C=O) groups is 2. The molecule has 3 N–H and O–H groups in total. The number of aromatic nitrogens is 2. The molecule has 0 aliphatic carbocycles. The van der Waals surface area contributed by atoms with Crippen LogP contribution in [0.3, 0.4) is 0 Å². The van der Waals surface area contributed by atoms with Crippen LogP contribution in [0.1, 0.15) is 31.7 Å². The lowest BCUT2D eigenvalue weighted by atomic mass is 9.86. The first-order valence-electron chi connectivity index (χ1n) is 14.2. The van der Waals surface area contributed by atoms with Gasteiger partial charge in [0.2, 0.25) is 17.6 Å². The number of nitrogens with zero attached hydrogens (tertiary/aromatic N) is 6. The van der Waals surface area contributed by atoms with Gasteiger partial charge in [-0.25, -0.2) is 18.7 Å². The number of anilines is 3. The van der Waals surface area contributed by atoms with E-state index in [-0.39, 0.29) is 40.6 Å². The van der Waals surface area contributed by atoms with E-state index >= 15 is 0 Å². The van der Waals surface area contributed by atoms with Crippen molar-refractivity contribution < 1.29 is 22.8 Å². The molecule has 42 heavy (non-hydrogen) atoms. The van der Waals surface area contributed by atoms with Crippen LogP contribution in [0.15, 0.2) is 24.5 Å². The molecule has 228 valence electrons. The summed E-state index contributed by atoms with van der Waals surface area (Å²) in [4.78, 5) is 43.0. The minimum atomic E-state index is -3.11. The number of amides is 2. The van der Waals surface area contributed by atoms with Crippen LogP contribution in [-0.4, -0.2) is 101 Å². The topological polar surface area (TPSA) is 111 Å². The lowest BCUT2D eigenvalue weighted by Gasteiger charge is -2.47. The molecule has 14 heteroatoms. The monoisotopic (exact) mass is 608 g/mol. The summed E-state index contributed by atoms with van der Waals surface area (Å²) in [5, 5.41) is 3.23. The van der Waals surface area contributed by atoms with Crippen LogP contribution in [0.2, 0.25) is 5.02 Å². The third-order valence-corrected chi connectivity index (χ3v) is 8.65. The second-order valence-electron chi connectivity index (χ2n) is 11.4. The van der Waals surface area contributed by atoms with Crippen molar-refractivity contribution in [3.8, 4) is 0 Å². The number of piperidine rings is 2. The Morgan fingerprint density at radius 3 is 2.55 bits per heavy atom. The Kier molecular flexibility index (Phi) is 8.70. The summed E-state index contributed by atoms with van der Waals surface area (Å²) < 4.78 is 43.0. The zero-order valence-electron chi connectivity index (χ0n) is 23.7. The Morgan fingerprint density at radius 2 is 1.83 bits per heavy atom. The maximum Gasteiger partial charge on any atom is 0.270 e. The van der Waals surface area contributed by atoms with Gasteiger partial charge < -0.3 is 30.7 Å². The third-order valence-electron chi connectivity index (χ3n) is 8.43. The number of likely N-dealkylation sites (tertiary alicyclic amines) is 1. The summed E-state index contributed by atoms with van der Waals surface area (Å²) in [6.07, 6.45) is 2.69. The van der Waals surface area contributed by atoms with E-state index in [2.05, 4.69) is 20.2 Å². The standard InChI is InChI=1S/C28H36ClF3N8O2/c1-28(31,32)17-12-18(29)14-19(13-17)36-21-4-3-6-40(27(21)42)22-15-39(25-23(30)24(33)34-16-35-25)7-5-20(22)26(41)38-10-8-37(2)9-11-38/h12-14,16,20-22,36H,3-11,15H2,1-2H3,(H2,33,34,35)/t20-,21+,22-/m0/s1. The first-order chi connectivity index (χ1) is 19.9. The molecule has 1 aromatic carbocycles. The molecular formula is C28H36ClF3N8O2. The van der Waals surface area contributed by atoms with Crippen molar-refractivity contribution in [3.63, 3.8) is 0 Å². The van der Waals surface area contributed by atoms with Crippen molar-refractivity contribution in [2.45, 2.75) is 44.2 Å². The van der Waals surface area contributed by atoms with Crippen molar-refractivity contribution in [1.29, 1.82) is 0 Å². The molecule has 3 fully saturated rings. The molecule has 0 radical (unpaired) electrons. The largest absolute Gasteiger partial charge is 0.381 e. The first kappa shape index (κ1) is 30.1. The molecule has 3 atom stereocenters. The lowest BCUT2D eigenvalue weighted by molar-refractivity contribution is -0.145. The number of benzene rings is 1. The molecule has 5 rings (SSSR count). The number of nitrogen functional groups attached to an aromatic ring is 1. The normalized spacial score (nSPS) is 24.2. The van der Waals surface area contributed by atoms with Gasteiger partial charge in [-0.1, -0.05) is 11.6 Å². The average molecular weight is 609 g/mol. The third kappa shape index (κ3) is 6.36. The highest BCUT2D eigenvalue weighted by Crippen LogP contribution is 2.34. The number of rotatable bonds is 6. The zero-order chi connectivity index (χ0) is 30.2. The molecule has 3 aliphatic heterocycles. The summed E-state index contributed by atoms with van der Waals surface area (Å²) in [6, 6.07) is 2.73. The van der Waals surface area contributed by atoms with Crippen LogP contribution < -0.4 is 16.0 Å². The second-order valence-corrected chi connectivity index (χ2v) is 11.9. The second kappa shape index (κ2) is 12.1. The SMILES string of the molecule is CN1CCN(C(=O)[C@H]2CCN(c3ncnc(N)c3F)C[C@@H]2N2CCC[C@@H](Nc3cc(Cl)cc(C(C)(F)F)c3)C2=O)CC1. The number of nitrogens with two attached hydrogens (primary N) is 1. The van der Waals surface area contributed by atoms with Crippen LogP contribution in [-0.2, 0) is 15.5 Å². The van der Waals surface area contributed by atoms with E-state index in [1.165, 1.54) is 24.5 Å². The van der Waals surface area contributed by atoms with Crippen LogP contribution in [0.4, 0.5) is 30.5 Å². The fourth-order valence-electron chi connectivity index (χ4n) is 6.07. The number of carbonyl (C=O) groups excluding carboxylic acids is 2. The van der Waals surface area contributed by atoms with Gasteiger partial charge >= 0.3 is 0 Å². The van der Waals surface area contributed by atoms with E-state index < -0.39 is 29.7 Å². The number of likely N-dealkylation sites (N-methyl/N-ethyl adjacent to an activating group) is 1. The number of halogens is 4. The van der Waals surface area contributed by atoms with E-state index in [9.17, 15) is 22.8 Å². The predicted molar refractivity (Wildman–Crippen MR) is 154 cm³/mol. The Morgan fingerprint density at radius 1 is 1.10 bits per heavy atom. The van der Waals surface area contributed by atoms with Gasteiger partial charge in [0, 0.05) is 69.0 Å². The van der Waals surface area contributed by atoms with E-state index in [0.717, 1.165) is 20.0 Å². The van der Waals surface area contributed by atoms with Gasteiger partial charge in [-0.2, -0.15) is 4.39 Å². The van der Waals surface area contributed by atoms with Gasteiger partial charge in [0.25, 0.3) is 5.92 Å². The highest BCUT2D eigenvalue weighted by Gasteiger charge is 2.44. The van der Waals surface area contributed by atoms with Gasteiger partial charge in [0.05, 0.1) is 12.0 Å². The van der Waals surface area contributed by atoms with Gasteiger partial charge in [-0.3, -0.25) is 9.59 Å². The summed E-state index contributed by atoms with van der Waals surface area (Å²) in [5.74, 6) is -4.86. The zero-order valence-corrected chi connectivity index (χ0v) is 24.5. The molecule has 3 saturated heterocycles. The predicted octanol–water partition coefficient (Wildman–Crippen LogP) is 3.04. The number of alkyl halides is 2. The quantitative estimate of drug-likeness (QED) is 0.515. The molecule has 0 unspecified atom stereocenters. The van der Waals surface area contributed by atoms with E-state index in [0.29, 0.717) is 51.1 Å². The summed E-state index contributed by atoms with van der Waals surface area (Å²) in [5.41, 5.74) is 5.76. The Labute approximate surface area is 248 Å². The maximum absolute atomic E-state index is 14.9. The van der Waals surface area contributed by atoms with Gasteiger partial charge in [-0.15, -0.1) is 0 Å². The van der Waals surface area contributed by atoms with Crippen molar-refractivity contribution in [1.82, 2.24) is 24.7 Å². The molecule has 0 spiro atoms. The van der Waals surface area contributed by atoms with Crippen LogP contribution >= 0.6 is 11.6 Å². The number of hydrogen-bond donors (Lipinski definition) is 2. The highest BCUT2D eigenvalue weighted by atomic mass is 35.5. The Hall–Kier alpha value is -3.32. The first-order valence-corrected chi connectivity index (χ1v) is 14.5. The molecule has 3 aliphatic rings. The van der Waals surface area contributed by atoms with Gasteiger partial charge in [0.15, 0.2) is 11.6 Å². The summed E-state index contributed by atoms with van der Waals surface area (Å²) in [7, 11) is 2.01. The summed E-state index contributed by atoms with van der Waals surface area (Å²) in [6.45, 7) is 4.43. The van der Waals surface area contributed by atoms with Crippen molar-refractivity contribution >= 4 is 40.7 Å². The molecule has 0 bridgehead atoms. The van der Waals surface area contributed by atoms with E-state index in [1.807, 2.05) is 11.9 Å². The number of piperazine rings is 1. The fourth-order valence-corrected chi connectivity index (χ4v) is 6.31. The molecular weight excluding hydrogens is 573 g/mol. The van der Waals surface area contributed by atoms with Crippen molar-refractivity contribution in [2.75, 3.05) is 68.8 Å².